The lowest BCUT2D eigenvalue weighted by molar-refractivity contribution is -0.122. The Morgan fingerprint density at radius 2 is 2.05 bits per heavy atom. The summed E-state index contributed by atoms with van der Waals surface area (Å²) >= 11 is 0. The lowest BCUT2D eigenvalue weighted by Crippen LogP contribution is -2.37. The van der Waals surface area contributed by atoms with E-state index in [9.17, 15) is 14.0 Å². The van der Waals surface area contributed by atoms with E-state index in [1.54, 1.807) is 7.05 Å². The molecule has 116 valence electrons. The summed E-state index contributed by atoms with van der Waals surface area (Å²) in [5.41, 5.74) is 5.87. The van der Waals surface area contributed by atoms with Crippen molar-refractivity contribution in [3.8, 4) is 0 Å². The number of hydrogen-bond acceptors (Lipinski definition) is 4. The van der Waals surface area contributed by atoms with E-state index in [1.165, 1.54) is 18.2 Å². The van der Waals surface area contributed by atoms with Crippen LogP contribution in [0.15, 0.2) is 18.2 Å². The minimum absolute atomic E-state index is 0.0115. The molecule has 0 saturated carbocycles. The van der Waals surface area contributed by atoms with Crippen molar-refractivity contribution >= 4 is 23.2 Å². The van der Waals surface area contributed by atoms with Gasteiger partial charge in [0.15, 0.2) is 0 Å². The van der Waals surface area contributed by atoms with E-state index in [1.807, 2.05) is 11.8 Å². The highest BCUT2D eigenvalue weighted by Gasteiger charge is 2.10. The van der Waals surface area contributed by atoms with Gasteiger partial charge in [0.2, 0.25) is 11.8 Å². The van der Waals surface area contributed by atoms with Gasteiger partial charge in [-0.3, -0.25) is 14.5 Å². The normalized spacial score (nSPS) is 10.5. The number of nitrogens with zero attached hydrogens (tertiary/aromatic N) is 1. The molecule has 6 nitrogen and oxygen atoms in total. The molecule has 0 spiro atoms. The number of rotatable bonds is 7. The van der Waals surface area contributed by atoms with Gasteiger partial charge in [0.25, 0.3) is 0 Å². The van der Waals surface area contributed by atoms with Crippen molar-refractivity contribution in [3.05, 3.63) is 24.0 Å². The van der Waals surface area contributed by atoms with Crippen molar-refractivity contribution in [2.75, 3.05) is 37.7 Å². The Balaban J connectivity index is 2.45. The number of amides is 2. The molecule has 0 atom stereocenters. The van der Waals surface area contributed by atoms with E-state index in [4.69, 9.17) is 5.73 Å². The van der Waals surface area contributed by atoms with Gasteiger partial charge in [-0.05, 0) is 24.7 Å². The molecule has 4 N–H and O–H groups in total. The van der Waals surface area contributed by atoms with E-state index >= 15 is 0 Å². The summed E-state index contributed by atoms with van der Waals surface area (Å²) in [6, 6.07) is 4.02. The minimum atomic E-state index is -0.518. The maximum absolute atomic E-state index is 13.0. The Bertz CT molecular complexity index is 508. The maximum atomic E-state index is 13.0. The largest absolute Gasteiger partial charge is 0.396 e. The van der Waals surface area contributed by atoms with E-state index in [0.717, 1.165) is 0 Å². The van der Waals surface area contributed by atoms with Gasteiger partial charge in [0.1, 0.15) is 5.82 Å². The molecule has 0 aromatic heterocycles. The van der Waals surface area contributed by atoms with Crippen LogP contribution in [0.2, 0.25) is 0 Å². The molecule has 1 aromatic carbocycles. The number of nitrogen functional groups attached to an aromatic ring is 1. The second-order valence-electron chi connectivity index (χ2n) is 4.58. The zero-order valence-corrected chi connectivity index (χ0v) is 12.3. The first kappa shape index (κ1) is 16.9. The maximum Gasteiger partial charge on any atom is 0.233 e. The SMILES string of the molecule is CCN(CCC(=O)Nc1ccc(F)c(N)c1)CC(=O)NC. The molecular formula is C14H21FN4O2. The Kier molecular flexibility index (Phi) is 6.61. The molecule has 0 aliphatic heterocycles. The summed E-state index contributed by atoms with van der Waals surface area (Å²) in [6.07, 6.45) is 0.238. The predicted molar refractivity (Wildman–Crippen MR) is 80.2 cm³/mol. The van der Waals surface area contributed by atoms with Gasteiger partial charge < -0.3 is 16.4 Å². The van der Waals surface area contributed by atoms with Crippen molar-refractivity contribution in [1.82, 2.24) is 10.2 Å². The fraction of sp³-hybridized carbons (Fsp3) is 0.429. The number of benzene rings is 1. The van der Waals surface area contributed by atoms with E-state index in [0.29, 0.717) is 18.8 Å². The van der Waals surface area contributed by atoms with Gasteiger partial charge >= 0.3 is 0 Å². The Morgan fingerprint density at radius 3 is 2.62 bits per heavy atom. The van der Waals surface area contributed by atoms with E-state index < -0.39 is 5.82 Å². The summed E-state index contributed by atoms with van der Waals surface area (Å²) in [6.45, 7) is 3.31. The van der Waals surface area contributed by atoms with Crippen LogP contribution in [0.3, 0.4) is 0 Å². The molecule has 0 bridgehead atoms. The highest BCUT2D eigenvalue weighted by Crippen LogP contribution is 2.16. The second-order valence-corrected chi connectivity index (χ2v) is 4.58. The Labute approximate surface area is 123 Å². The molecule has 21 heavy (non-hydrogen) atoms. The third-order valence-corrected chi connectivity index (χ3v) is 3.03. The smallest absolute Gasteiger partial charge is 0.233 e. The van der Waals surface area contributed by atoms with Gasteiger partial charge in [-0.2, -0.15) is 0 Å². The minimum Gasteiger partial charge on any atom is -0.396 e. The molecule has 7 heteroatoms. The molecule has 0 unspecified atom stereocenters. The fourth-order valence-electron chi connectivity index (χ4n) is 1.74. The van der Waals surface area contributed by atoms with Gasteiger partial charge in [0.05, 0.1) is 12.2 Å². The summed E-state index contributed by atoms with van der Waals surface area (Å²) in [5.74, 6) is -0.823. The molecular weight excluding hydrogens is 275 g/mol. The summed E-state index contributed by atoms with van der Waals surface area (Å²) in [7, 11) is 1.57. The van der Waals surface area contributed by atoms with Crippen LogP contribution in [0.5, 0.6) is 0 Å². The fourth-order valence-corrected chi connectivity index (χ4v) is 1.74. The molecule has 0 saturated heterocycles. The molecule has 0 aliphatic rings. The highest BCUT2D eigenvalue weighted by molar-refractivity contribution is 5.91. The van der Waals surface area contributed by atoms with E-state index in [-0.39, 0.29) is 30.5 Å². The third kappa shape index (κ3) is 5.78. The number of hydrogen-bond donors (Lipinski definition) is 3. The topological polar surface area (TPSA) is 87.5 Å². The van der Waals surface area contributed by atoms with Crippen LogP contribution in [0.4, 0.5) is 15.8 Å². The van der Waals surface area contributed by atoms with Crippen LogP contribution < -0.4 is 16.4 Å². The Morgan fingerprint density at radius 1 is 1.33 bits per heavy atom. The number of anilines is 2. The zero-order valence-electron chi connectivity index (χ0n) is 12.3. The van der Waals surface area contributed by atoms with Crippen LogP contribution in [0.25, 0.3) is 0 Å². The first-order chi connectivity index (χ1) is 9.96. The van der Waals surface area contributed by atoms with Crippen LogP contribution in [-0.2, 0) is 9.59 Å². The molecule has 2 amide bonds. The molecule has 1 rings (SSSR count). The van der Waals surface area contributed by atoms with E-state index in [2.05, 4.69) is 10.6 Å². The van der Waals surface area contributed by atoms with Crippen molar-refractivity contribution in [2.45, 2.75) is 13.3 Å². The summed E-state index contributed by atoms with van der Waals surface area (Å²) in [4.78, 5) is 25.0. The van der Waals surface area contributed by atoms with Gasteiger partial charge in [-0.25, -0.2) is 4.39 Å². The second kappa shape index (κ2) is 8.21. The number of nitrogens with one attached hydrogen (secondary N) is 2. The monoisotopic (exact) mass is 296 g/mol. The van der Waals surface area contributed by atoms with Crippen molar-refractivity contribution in [3.63, 3.8) is 0 Å². The van der Waals surface area contributed by atoms with Crippen LogP contribution in [0, 0.1) is 5.82 Å². The van der Waals surface area contributed by atoms with Crippen molar-refractivity contribution in [1.29, 1.82) is 0 Å². The van der Waals surface area contributed by atoms with Gasteiger partial charge in [0, 0.05) is 25.7 Å². The lowest BCUT2D eigenvalue weighted by atomic mass is 10.2. The average Bonchev–Trinajstić information content (AvgIpc) is 2.47. The van der Waals surface area contributed by atoms with Crippen LogP contribution in [-0.4, -0.2) is 43.4 Å². The Hall–Kier alpha value is -2.15. The molecule has 1 aromatic rings. The number of halogens is 1. The number of likely N-dealkylation sites (N-methyl/N-ethyl adjacent to an activating group) is 2. The molecule has 0 radical (unpaired) electrons. The number of carbonyl (C=O) groups is 2. The number of nitrogens with two attached hydrogens (primary N) is 1. The lowest BCUT2D eigenvalue weighted by Gasteiger charge is -2.18. The van der Waals surface area contributed by atoms with Gasteiger partial charge in [-0.15, -0.1) is 0 Å². The first-order valence-corrected chi connectivity index (χ1v) is 6.74. The van der Waals surface area contributed by atoms with Crippen molar-refractivity contribution < 1.29 is 14.0 Å². The predicted octanol–water partition coefficient (Wildman–Crippen LogP) is 0.804. The molecule has 0 fully saturated rings. The quantitative estimate of drug-likeness (QED) is 0.650. The van der Waals surface area contributed by atoms with Crippen molar-refractivity contribution in [2.24, 2.45) is 0 Å². The first-order valence-electron chi connectivity index (χ1n) is 6.74. The standard InChI is InChI=1S/C14H21FN4O2/c1-3-19(9-14(21)17-2)7-6-13(20)18-10-4-5-11(15)12(16)8-10/h4-5,8H,3,6-7,9,16H2,1-2H3,(H,17,21)(H,18,20). The number of carbonyl (C=O) groups excluding carboxylic acids is 2. The molecule has 0 aliphatic carbocycles. The van der Waals surface area contributed by atoms with Crippen LogP contribution >= 0.6 is 0 Å². The highest BCUT2D eigenvalue weighted by atomic mass is 19.1. The zero-order chi connectivity index (χ0) is 15.8. The summed E-state index contributed by atoms with van der Waals surface area (Å²) < 4.78 is 13.0. The van der Waals surface area contributed by atoms with Crippen LogP contribution in [0.1, 0.15) is 13.3 Å². The third-order valence-electron chi connectivity index (χ3n) is 3.03. The average molecular weight is 296 g/mol. The molecule has 0 heterocycles. The van der Waals surface area contributed by atoms with Gasteiger partial charge in [-0.1, -0.05) is 6.92 Å². The summed E-state index contributed by atoms with van der Waals surface area (Å²) in [5, 5.41) is 5.18.